The molecule has 0 heterocycles. The molecule has 31 heavy (non-hydrogen) atoms. The fourth-order valence-electron chi connectivity index (χ4n) is 3.72. The van der Waals surface area contributed by atoms with Crippen LogP contribution in [0.15, 0.2) is 61.2 Å². The minimum Gasteiger partial charge on any atom is -0.497 e. The van der Waals surface area contributed by atoms with Crippen molar-refractivity contribution in [3.05, 3.63) is 72.3 Å². The van der Waals surface area contributed by atoms with Crippen LogP contribution in [0.5, 0.6) is 11.5 Å². The summed E-state index contributed by atoms with van der Waals surface area (Å²) in [6.45, 7) is 8.44. The van der Waals surface area contributed by atoms with Crippen molar-refractivity contribution in [3.63, 3.8) is 0 Å². The van der Waals surface area contributed by atoms with Gasteiger partial charge in [0.15, 0.2) is 0 Å². The first-order chi connectivity index (χ1) is 14.8. The van der Waals surface area contributed by atoms with Gasteiger partial charge in [-0.3, -0.25) is 0 Å². The van der Waals surface area contributed by atoms with E-state index < -0.39 is 15.3 Å². The summed E-state index contributed by atoms with van der Waals surface area (Å²) in [6.07, 6.45) is 3.91. The van der Waals surface area contributed by atoms with Crippen LogP contribution in [0.3, 0.4) is 0 Å². The van der Waals surface area contributed by atoms with Crippen LogP contribution >= 0.6 is 0 Å². The van der Waals surface area contributed by atoms with Crippen molar-refractivity contribution in [1.82, 2.24) is 4.31 Å². The van der Waals surface area contributed by atoms with Gasteiger partial charge in [-0.1, -0.05) is 50.6 Å². The van der Waals surface area contributed by atoms with Crippen molar-refractivity contribution in [2.45, 2.75) is 51.4 Å². The van der Waals surface area contributed by atoms with Crippen molar-refractivity contribution in [2.24, 2.45) is 5.92 Å². The Bertz CT molecular complexity index is 858. The highest BCUT2D eigenvalue weighted by Gasteiger charge is 2.35. The molecule has 2 aromatic rings. The molecule has 0 aromatic heterocycles. The van der Waals surface area contributed by atoms with Crippen LogP contribution < -0.4 is 9.47 Å². The van der Waals surface area contributed by atoms with E-state index in [2.05, 4.69) is 6.58 Å². The first-order valence-corrected chi connectivity index (χ1v) is 12.2. The Labute approximate surface area is 187 Å². The van der Waals surface area contributed by atoms with Gasteiger partial charge < -0.3 is 9.47 Å². The largest absolute Gasteiger partial charge is 0.497 e. The quantitative estimate of drug-likeness (QED) is 0.387. The molecule has 0 N–H and O–H groups in total. The van der Waals surface area contributed by atoms with Gasteiger partial charge in [-0.2, -0.15) is 4.31 Å². The van der Waals surface area contributed by atoms with Crippen molar-refractivity contribution < 1.29 is 17.9 Å². The molecule has 2 atom stereocenters. The van der Waals surface area contributed by atoms with Gasteiger partial charge in [-0.05, 0) is 54.2 Å². The lowest BCUT2D eigenvalue weighted by Gasteiger charge is -2.31. The zero-order valence-electron chi connectivity index (χ0n) is 19.1. The summed E-state index contributed by atoms with van der Waals surface area (Å²) in [6, 6.07) is 15.1. The lowest BCUT2D eigenvalue weighted by Crippen LogP contribution is -2.41. The van der Waals surface area contributed by atoms with Gasteiger partial charge in [0.2, 0.25) is 10.0 Å². The molecule has 0 bridgehead atoms. The summed E-state index contributed by atoms with van der Waals surface area (Å²) < 4.78 is 39.7. The fourth-order valence-corrected chi connectivity index (χ4v) is 6.00. The molecular weight excluding hydrogens is 410 g/mol. The summed E-state index contributed by atoms with van der Waals surface area (Å²) in [4.78, 5) is 0. The zero-order valence-corrected chi connectivity index (χ0v) is 19.9. The average Bonchev–Trinajstić information content (AvgIpc) is 2.78. The highest BCUT2D eigenvalue weighted by atomic mass is 32.2. The van der Waals surface area contributed by atoms with Crippen LogP contribution in [-0.2, 0) is 23.1 Å². The second-order valence-corrected chi connectivity index (χ2v) is 9.99. The molecular formula is C25H35NO4S. The van der Waals surface area contributed by atoms with Crippen LogP contribution in [0.25, 0.3) is 0 Å². The summed E-state index contributed by atoms with van der Waals surface area (Å²) in [5, 5.41) is -0.452. The predicted octanol–water partition coefficient (Wildman–Crippen LogP) is 5.42. The van der Waals surface area contributed by atoms with Gasteiger partial charge in [-0.25, -0.2) is 8.42 Å². The number of hydrogen-bond acceptors (Lipinski definition) is 4. The van der Waals surface area contributed by atoms with Crippen molar-refractivity contribution >= 4 is 10.0 Å². The summed E-state index contributed by atoms with van der Waals surface area (Å²) in [7, 11) is -0.318. The third kappa shape index (κ3) is 6.84. The highest BCUT2D eigenvalue weighted by molar-refractivity contribution is 7.89. The Morgan fingerprint density at radius 3 is 1.74 bits per heavy atom. The van der Waals surface area contributed by atoms with Gasteiger partial charge in [0.05, 0.1) is 19.5 Å². The molecule has 0 aliphatic rings. The molecule has 0 saturated heterocycles. The molecule has 2 aromatic carbocycles. The molecule has 0 aliphatic carbocycles. The maximum absolute atomic E-state index is 13.8. The zero-order chi connectivity index (χ0) is 22.9. The molecule has 0 saturated carbocycles. The van der Waals surface area contributed by atoms with E-state index >= 15 is 0 Å². The molecule has 170 valence electrons. The molecule has 6 heteroatoms. The van der Waals surface area contributed by atoms with Gasteiger partial charge in [-0.15, -0.1) is 6.58 Å². The molecule has 0 spiro atoms. The lowest BCUT2D eigenvalue weighted by atomic mass is 10.0. The molecule has 5 nitrogen and oxygen atoms in total. The number of benzene rings is 2. The van der Waals surface area contributed by atoms with Gasteiger partial charge in [0.1, 0.15) is 11.5 Å². The minimum absolute atomic E-state index is 0.00307. The third-order valence-corrected chi connectivity index (χ3v) is 7.97. The van der Waals surface area contributed by atoms with Crippen molar-refractivity contribution in [2.75, 3.05) is 14.2 Å². The highest BCUT2D eigenvalue weighted by Crippen LogP contribution is 2.28. The molecule has 0 amide bonds. The van der Waals surface area contributed by atoms with E-state index in [-0.39, 0.29) is 5.92 Å². The maximum Gasteiger partial charge on any atom is 0.217 e. The fraction of sp³-hybridized carbons (Fsp3) is 0.440. The average molecular weight is 446 g/mol. The number of ether oxygens (including phenoxy) is 2. The standard InChI is InChI=1S/C25H35NO4S/c1-6-8-20(3)25(9-7-2)31(27,28)26(18-21-10-14-23(29-4)15-11-21)19-22-12-16-24(30-5)17-13-22/h6,10-17,20,25H,1,7-9,18-19H2,2-5H3/t20-,25?/m1/s1. The van der Waals surface area contributed by atoms with Crippen molar-refractivity contribution in [3.8, 4) is 11.5 Å². The number of hydrogen-bond donors (Lipinski definition) is 0. The summed E-state index contributed by atoms with van der Waals surface area (Å²) in [5.41, 5.74) is 1.84. The molecule has 0 aliphatic heterocycles. The van der Waals surface area contributed by atoms with E-state index in [0.29, 0.717) is 25.9 Å². The van der Waals surface area contributed by atoms with E-state index in [1.165, 1.54) is 0 Å². The maximum atomic E-state index is 13.8. The second kappa shape index (κ2) is 11.9. The first-order valence-electron chi connectivity index (χ1n) is 10.7. The van der Waals surface area contributed by atoms with Crippen LogP contribution in [-0.4, -0.2) is 32.2 Å². The Morgan fingerprint density at radius 2 is 1.39 bits per heavy atom. The van der Waals surface area contributed by atoms with E-state index in [9.17, 15) is 8.42 Å². The third-order valence-electron chi connectivity index (χ3n) is 5.52. The van der Waals surface area contributed by atoms with Crippen LogP contribution in [0.1, 0.15) is 44.2 Å². The first kappa shape index (κ1) is 25.0. The summed E-state index contributed by atoms with van der Waals surface area (Å²) >= 11 is 0. The van der Waals surface area contributed by atoms with Crippen LogP contribution in [0, 0.1) is 5.92 Å². The minimum atomic E-state index is -3.55. The lowest BCUT2D eigenvalue weighted by molar-refractivity contribution is 0.373. The summed E-state index contributed by atoms with van der Waals surface area (Å²) in [5.74, 6) is 1.49. The van der Waals surface area contributed by atoms with E-state index in [1.54, 1.807) is 24.6 Å². The van der Waals surface area contributed by atoms with Gasteiger partial charge in [0, 0.05) is 13.1 Å². The number of nitrogens with zero attached hydrogens (tertiary/aromatic N) is 1. The number of allylic oxidation sites excluding steroid dienone is 1. The normalized spacial score (nSPS) is 13.6. The number of methoxy groups -OCH3 is 2. The van der Waals surface area contributed by atoms with E-state index in [1.807, 2.05) is 62.4 Å². The molecule has 0 radical (unpaired) electrons. The number of rotatable bonds is 13. The smallest absolute Gasteiger partial charge is 0.217 e. The van der Waals surface area contributed by atoms with E-state index in [0.717, 1.165) is 29.0 Å². The molecule has 0 fully saturated rings. The van der Waals surface area contributed by atoms with Crippen molar-refractivity contribution in [1.29, 1.82) is 0 Å². The number of sulfonamides is 1. The topological polar surface area (TPSA) is 55.8 Å². The SMILES string of the molecule is C=CC[C@@H](C)C(CCC)S(=O)(=O)N(Cc1ccc(OC)cc1)Cc1ccc(OC)cc1. The Balaban J connectivity index is 2.39. The van der Waals surface area contributed by atoms with Gasteiger partial charge in [0.25, 0.3) is 0 Å². The monoisotopic (exact) mass is 445 g/mol. The van der Waals surface area contributed by atoms with Gasteiger partial charge >= 0.3 is 0 Å². The molecule has 2 rings (SSSR count). The molecule has 1 unspecified atom stereocenters. The van der Waals surface area contributed by atoms with Crippen LogP contribution in [0.4, 0.5) is 0 Å². The Morgan fingerprint density at radius 1 is 0.935 bits per heavy atom. The predicted molar refractivity (Wildman–Crippen MR) is 127 cm³/mol. The van der Waals surface area contributed by atoms with E-state index in [4.69, 9.17) is 9.47 Å². The Kier molecular flexibility index (Phi) is 9.59. The van der Waals surface area contributed by atoms with Crippen LogP contribution in [0.2, 0.25) is 0 Å². The second-order valence-electron chi connectivity index (χ2n) is 7.84. The Hall–Kier alpha value is -2.31.